The predicted molar refractivity (Wildman–Crippen MR) is 49.7 cm³/mol. The second kappa shape index (κ2) is 5.35. The highest BCUT2D eigenvalue weighted by atomic mass is 16.5. The normalized spacial score (nSPS) is 30.3. The molecule has 3 heteroatoms. The Balaban J connectivity index is 2.23. The summed E-state index contributed by atoms with van der Waals surface area (Å²) in [6.45, 7) is 2.02. The van der Waals surface area contributed by atoms with Gasteiger partial charge in [-0.3, -0.25) is 0 Å². The van der Waals surface area contributed by atoms with Crippen molar-refractivity contribution in [1.82, 2.24) is 0 Å². The van der Waals surface area contributed by atoms with Crippen LogP contribution in [0, 0.1) is 0 Å². The number of hydrogen-bond acceptors (Lipinski definition) is 3. The van der Waals surface area contributed by atoms with E-state index in [1.807, 2.05) is 6.92 Å². The van der Waals surface area contributed by atoms with Crippen molar-refractivity contribution in [1.29, 1.82) is 0 Å². The second-order valence-corrected chi connectivity index (χ2v) is 3.56. The summed E-state index contributed by atoms with van der Waals surface area (Å²) in [6, 6.07) is 0. The van der Waals surface area contributed by atoms with Crippen LogP contribution in [-0.4, -0.2) is 31.7 Å². The standard InChI is InChI=1S/C10H18O3/c1-8(12-2)10-6-5-9(13-10)4-3-7-11/h7-10H,3-6H2,1-2H3/t8-,9-,10+/m1/s1. The summed E-state index contributed by atoms with van der Waals surface area (Å²) in [7, 11) is 1.70. The predicted octanol–water partition coefficient (Wildman–Crippen LogP) is 1.55. The highest BCUT2D eigenvalue weighted by Crippen LogP contribution is 2.25. The summed E-state index contributed by atoms with van der Waals surface area (Å²) in [4.78, 5) is 10.2. The van der Waals surface area contributed by atoms with Gasteiger partial charge in [0, 0.05) is 13.5 Å². The minimum atomic E-state index is 0.168. The molecule has 0 spiro atoms. The maximum atomic E-state index is 10.2. The maximum absolute atomic E-state index is 10.2. The minimum absolute atomic E-state index is 0.168. The fourth-order valence-electron chi connectivity index (χ4n) is 1.70. The van der Waals surface area contributed by atoms with Gasteiger partial charge in [-0.1, -0.05) is 0 Å². The molecule has 1 aliphatic heterocycles. The van der Waals surface area contributed by atoms with E-state index in [9.17, 15) is 4.79 Å². The number of methoxy groups -OCH3 is 1. The van der Waals surface area contributed by atoms with Crippen LogP contribution in [0.15, 0.2) is 0 Å². The SMILES string of the molecule is CO[C@H](C)[C@@H]1CC[C@@H](CCC=O)O1. The first-order valence-electron chi connectivity index (χ1n) is 4.89. The molecule has 76 valence electrons. The molecule has 13 heavy (non-hydrogen) atoms. The van der Waals surface area contributed by atoms with Gasteiger partial charge in [-0.25, -0.2) is 0 Å². The lowest BCUT2D eigenvalue weighted by Crippen LogP contribution is -2.25. The highest BCUT2D eigenvalue weighted by molar-refractivity contribution is 5.49. The molecule has 0 radical (unpaired) electrons. The van der Waals surface area contributed by atoms with Gasteiger partial charge in [-0.15, -0.1) is 0 Å². The molecule has 0 aromatic heterocycles. The molecule has 0 unspecified atom stereocenters. The van der Waals surface area contributed by atoms with Crippen LogP contribution in [0.1, 0.15) is 32.6 Å². The van der Waals surface area contributed by atoms with Gasteiger partial charge in [-0.2, -0.15) is 0 Å². The van der Waals surface area contributed by atoms with E-state index in [1.165, 1.54) is 0 Å². The molecule has 0 amide bonds. The summed E-state index contributed by atoms with van der Waals surface area (Å²) >= 11 is 0. The van der Waals surface area contributed by atoms with Crippen LogP contribution in [-0.2, 0) is 14.3 Å². The second-order valence-electron chi connectivity index (χ2n) is 3.56. The van der Waals surface area contributed by atoms with Gasteiger partial charge in [0.1, 0.15) is 6.29 Å². The topological polar surface area (TPSA) is 35.5 Å². The number of carbonyl (C=O) groups is 1. The quantitative estimate of drug-likeness (QED) is 0.611. The third-order valence-electron chi connectivity index (χ3n) is 2.64. The highest BCUT2D eigenvalue weighted by Gasteiger charge is 2.28. The van der Waals surface area contributed by atoms with Crippen molar-refractivity contribution in [3.05, 3.63) is 0 Å². The first-order valence-corrected chi connectivity index (χ1v) is 4.89. The smallest absolute Gasteiger partial charge is 0.120 e. The molecule has 0 saturated carbocycles. The largest absolute Gasteiger partial charge is 0.379 e. The Morgan fingerprint density at radius 1 is 1.62 bits per heavy atom. The zero-order valence-corrected chi connectivity index (χ0v) is 8.36. The first kappa shape index (κ1) is 10.7. The van der Waals surface area contributed by atoms with E-state index < -0.39 is 0 Å². The molecule has 1 fully saturated rings. The molecule has 3 atom stereocenters. The average molecular weight is 186 g/mol. The zero-order valence-electron chi connectivity index (χ0n) is 8.36. The fraction of sp³-hybridized carbons (Fsp3) is 0.900. The maximum Gasteiger partial charge on any atom is 0.120 e. The zero-order chi connectivity index (χ0) is 9.68. The molecule has 3 nitrogen and oxygen atoms in total. The molecular weight excluding hydrogens is 168 g/mol. The van der Waals surface area contributed by atoms with Crippen LogP contribution < -0.4 is 0 Å². The van der Waals surface area contributed by atoms with E-state index in [0.29, 0.717) is 6.42 Å². The number of rotatable bonds is 5. The van der Waals surface area contributed by atoms with Crippen LogP contribution in [0.5, 0.6) is 0 Å². The first-order chi connectivity index (χ1) is 6.27. The Bertz CT molecular complexity index is 158. The molecule has 1 aliphatic rings. The van der Waals surface area contributed by atoms with Gasteiger partial charge in [0.25, 0.3) is 0 Å². The summed E-state index contributed by atoms with van der Waals surface area (Å²) in [5.74, 6) is 0. The van der Waals surface area contributed by atoms with Crippen LogP contribution in [0.4, 0.5) is 0 Å². The number of hydrogen-bond donors (Lipinski definition) is 0. The molecule has 0 aromatic rings. The summed E-state index contributed by atoms with van der Waals surface area (Å²) in [5.41, 5.74) is 0. The molecule has 1 heterocycles. The molecule has 1 saturated heterocycles. The Labute approximate surface area is 79.4 Å². The van der Waals surface area contributed by atoms with E-state index in [2.05, 4.69) is 0 Å². The van der Waals surface area contributed by atoms with Crippen molar-refractivity contribution in [3.8, 4) is 0 Å². The average Bonchev–Trinajstić information content (AvgIpc) is 2.62. The molecule has 0 aromatic carbocycles. The molecule has 0 N–H and O–H groups in total. The van der Waals surface area contributed by atoms with Crippen molar-refractivity contribution in [2.45, 2.75) is 50.9 Å². The van der Waals surface area contributed by atoms with Crippen molar-refractivity contribution in [3.63, 3.8) is 0 Å². The van der Waals surface area contributed by atoms with Crippen molar-refractivity contribution >= 4 is 6.29 Å². The van der Waals surface area contributed by atoms with Crippen LogP contribution in [0.2, 0.25) is 0 Å². The van der Waals surface area contributed by atoms with E-state index in [0.717, 1.165) is 25.5 Å². The molecule has 0 aliphatic carbocycles. The van der Waals surface area contributed by atoms with Gasteiger partial charge in [0.15, 0.2) is 0 Å². The van der Waals surface area contributed by atoms with Gasteiger partial charge in [0.2, 0.25) is 0 Å². The third kappa shape index (κ3) is 3.08. The van der Waals surface area contributed by atoms with E-state index in [1.54, 1.807) is 7.11 Å². The van der Waals surface area contributed by atoms with Crippen LogP contribution in [0.25, 0.3) is 0 Å². The Morgan fingerprint density at radius 3 is 3.00 bits per heavy atom. The lowest BCUT2D eigenvalue weighted by Gasteiger charge is -2.18. The van der Waals surface area contributed by atoms with Gasteiger partial charge in [-0.05, 0) is 26.2 Å². The fourth-order valence-corrected chi connectivity index (χ4v) is 1.70. The monoisotopic (exact) mass is 186 g/mol. The van der Waals surface area contributed by atoms with Gasteiger partial charge in [0.05, 0.1) is 18.3 Å². The van der Waals surface area contributed by atoms with E-state index in [-0.39, 0.29) is 18.3 Å². The Morgan fingerprint density at radius 2 is 2.38 bits per heavy atom. The summed E-state index contributed by atoms with van der Waals surface area (Å²) in [5, 5.41) is 0. The van der Waals surface area contributed by atoms with Crippen molar-refractivity contribution in [2.75, 3.05) is 7.11 Å². The Hall–Kier alpha value is -0.410. The number of aldehydes is 1. The van der Waals surface area contributed by atoms with Crippen molar-refractivity contribution < 1.29 is 14.3 Å². The van der Waals surface area contributed by atoms with Gasteiger partial charge >= 0.3 is 0 Å². The molecule has 1 rings (SSSR count). The van der Waals surface area contributed by atoms with Crippen molar-refractivity contribution in [2.24, 2.45) is 0 Å². The van der Waals surface area contributed by atoms with Crippen LogP contribution >= 0.6 is 0 Å². The minimum Gasteiger partial charge on any atom is -0.379 e. The number of carbonyl (C=O) groups excluding carboxylic acids is 1. The lowest BCUT2D eigenvalue weighted by atomic mass is 10.1. The Kier molecular flexibility index (Phi) is 4.39. The van der Waals surface area contributed by atoms with E-state index in [4.69, 9.17) is 9.47 Å². The van der Waals surface area contributed by atoms with Gasteiger partial charge < -0.3 is 14.3 Å². The third-order valence-corrected chi connectivity index (χ3v) is 2.64. The number of ether oxygens (including phenoxy) is 2. The van der Waals surface area contributed by atoms with Crippen LogP contribution in [0.3, 0.4) is 0 Å². The lowest BCUT2D eigenvalue weighted by molar-refractivity contribution is -0.108. The summed E-state index contributed by atoms with van der Waals surface area (Å²) in [6.07, 6.45) is 5.20. The van der Waals surface area contributed by atoms with E-state index >= 15 is 0 Å². The summed E-state index contributed by atoms with van der Waals surface area (Å²) < 4.78 is 10.9. The molecule has 0 bridgehead atoms. The molecular formula is C10H18O3.